The molecule has 1 aromatic carbocycles. The number of amides is 1. The fourth-order valence-electron chi connectivity index (χ4n) is 5.13. The second-order valence-electron chi connectivity index (χ2n) is 8.14. The zero-order valence-corrected chi connectivity index (χ0v) is 16.5. The summed E-state index contributed by atoms with van der Waals surface area (Å²) >= 11 is 0. The van der Waals surface area contributed by atoms with Crippen molar-refractivity contribution in [3.8, 4) is 5.75 Å². The van der Waals surface area contributed by atoms with Crippen molar-refractivity contribution >= 4 is 23.2 Å². The average molecular weight is 446 g/mol. The number of benzene rings is 1. The molecule has 5 atom stereocenters. The Morgan fingerprint density at radius 2 is 1.88 bits per heavy atom. The van der Waals surface area contributed by atoms with Crippen molar-refractivity contribution in [2.75, 3.05) is 0 Å². The fourth-order valence-corrected chi connectivity index (χ4v) is 5.13. The van der Waals surface area contributed by atoms with E-state index in [0.29, 0.717) is 0 Å². The lowest BCUT2D eigenvalue weighted by Crippen LogP contribution is -2.62. The SMILES string of the molecule is C[C@H]1c2ccc([N+](=O)[O-])c(O)c2C(=O)C2=C(O)[C@]3(O)C(=O)C(C(N)=O)=C(O)CC3[C@@H](O)C21. The maximum absolute atomic E-state index is 13.3. The minimum absolute atomic E-state index is 0.156. The van der Waals surface area contributed by atoms with Crippen LogP contribution in [0.1, 0.15) is 35.2 Å². The number of aromatic hydroxyl groups is 1. The van der Waals surface area contributed by atoms with Gasteiger partial charge in [0.15, 0.2) is 11.4 Å². The Hall–Kier alpha value is -3.77. The first-order chi connectivity index (χ1) is 14.8. The van der Waals surface area contributed by atoms with Crippen LogP contribution in [0.5, 0.6) is 5.75 Å². The highest BCUT2D eigenvalue weighted by atomic mass is 16.6. The smallest absolute Gasteiger partial charge is 0.311 e. The first-order valence-corrected chi connectivity index (χ1v) is 9.51. The number of phenolic OH excluding ortho intramolecular Hbond substituents is 1. The Labute approximate surface area is 179 Å². The third-order valence-electron chi connectivity index (χ3n) is 6.67. The van der Waals surface area contributed by atoms with Crippen LogP contribution in [-0.4, -0.2) is 59.6 Å². The van der Waals surface area contributed by atoms with E-state index in [2.05, 4.69) is 0 Å². The molecule has 168 valence electrons. The minimum Gasteiger partial charge on any atom is -0.511 e. The second-order valence-corrected chi connectivity index (χ2v) is 8.14. The lowest BCUT2D eigenvalue weighted by Gasteiger charge is -2.49. The molecular weight excluding hydrogens is 428 g/mol. The number of ketones is 2. The summed E-state index contributed by atoms with van der Waals surface area (Å²) in [6, 6.07) is 2.24. The monoisotopic (exact) mass is 446 g/mol. The molecule has 0 saturated carbocycles. The molecule has 0 aromatic heterocycles. The fraction of sp³-hybridized carbons (Fsp3) is 0.350. The topological polar surface area (TPSA) is 222 Å². The van der Waals surface area contributed by atoms with Gasteiger partial charge < -0.3 is 31.3 Å². The van der Waals surface area contributed by atoms with Gasteiger partial charge in [-0.25, -0.2) is 0 Å². The van der Waals surface area contributed by atoms with Crippen molar-refractivity contribution in [3.05, 3.63) is 56.0 Å². The van der Waals surface area contributed by atoms with E-state index < -0.39 is 97.9 Å². The van der Waals surface area contributed by atoms with Gasteiger partial charge >= 0.3 is 5.69 Å². The molecule has 12 heteroatoms. The number of nitro benzene ring substituents is 1. The molecule has 3 aliphatic rings. The van der Waals surface area contributed by atoms with Crippen LogP contribution in [0.3, 0.4) is 0 Å². The average Bonchev–Trinajstić information content (AvgIpc) is 2.70. The number of fused-ring (bicyclic) bond motifs is 3. The number of hydrogen-bond acceptors (Lipinski definition) is 10. The molecule has 3 aliphatic carbocycles. The van der Waals surface area contributed by atoms with E-state index in [4.69, 9.17) is 5.73 Å². The van der Waals surface area contributed by atoms with Gasteiger partial charge in [0.05, 0.1) is 16.6 Å². The number of primary amides is 1. The van der Waals surface area contributed by atoms with Crippen LogP contribution in [-0.2, 0) is 9.59 Å². The quantitative estimate of drug-likeness (QED) is 0.203. The molecule has 4 rings (SSSR count). The Morgan fingerprint density at radius 1 is 1.25 bits per heavy atom. The number of rotatable bonds is 2. The first kappa shape index (κ1) is 21.5. The van der Waals surface area contributed by atoms with Gasteiger partial charge in [-0.2, -0.15) is 0 Å². The predicted octanol–water partition coefficient (Wildman–Crippen LogP) is 0.0205. The molecule has 0 bridgehead atoms. The molecule has 12 nitrogen and oxygen atoms in total. The third-order valence-corrected chi connectivity index (χ3v) is 6.67. The van der Waals surface area contributed by atoms with E-state index in [0.717, 1.165) is 6.07 Å². The number of aliphatic hydroxyl groups excluding tert-OH is 3. The van der Waals surface area contributed by atoms with E-state index >= 15 is 0 Å². The van der Waals surface area contributed by atoms with Gasteiger partial charge in [-0.1, -0.05) is 13.0 Å². The number of carbonyl (C=O) groups excluding carboxylic acids is 3. The second kappa shape index (κ2) is 6.61. The van der Waals surface area contributed by atoms with E-state index in [1.54, 1.807) is 0 Å². The van der Waals surface area contributed by atoms with Crippen LogP contribution < -0.4 is 5.73 Å². The summed E-state index contributed by atoms with van der Waals surface area (Å²) in [7, 11) is 0. The molecule has 1 amide bonds. The van der Waals surface area contributed by atoms with Crippen molar-refractivity contribution in [2.24, 2.45) is 17.6 Å². The number of phenols is 1. The number of aliphatic hydroxyl groups is 4. The lowest BCUT2D eigenvalue weighted by atomic mass is 9.56. The Bertz CT molecular complexity index is 1200. The Morgan fingerprint density at radius 3 is 2.44 bits per heavy atom. The summed E-state index contributed by atoms with van der Waals surface area (Å²) in [5.74, 6) is -10.4. The number of allylic oxidation sites excluding steroid dienone is 1. The zero-order chi connectivity index (χ0) is 23.9. The van der Waals surface area contributed by atoms with Gasteiger partial charge in [0.1, 0.15) is 17.1 Å². The summed E-state index contributed by atoms with van der Waals surface area (Å²) < 4.78 is 0. The minimum atomic E-state index is -2.95. The largest absolute Gasteiger partial charge is 0.511 e. The molecule has 0 radical (unpaired) electrons. The Kier molecular flexibility index (Phi) is 4.43. The highest BCUT2D eigenvalue weighted by Crippen LogP contribution is 2.55. The van der Waals surface area contributed by atoms with E-state index in [-0.39, 0.29) is 5.56 Å². The van der Waals surface area contributed by atoms with Gasteiger partial charge in [0, 0.05) is 29.9 Å². The van der Waals surface area contributed by atoms with Crippen molar-refractivity contribution < 1.29 is 44.8 Å². The molecule has 2 unspecified atom stereocenters. The number of nitro groups is 1. The normalized spacial score (nSPS) is 31.7. The highest BCUT2D eigenvalue weighted by molar-refractivity contribution is 6.24. The lowest BCUT2D eigenvalue weighted by molar-refractivity contribution is -0.385. The van der Waals surface area contributed by atoms with E-state index in [9.17, 15) is 50.0 Å². The molecule has 0 spiro atoms. The van der Waals surface area contributed by atoms with Crippen molar-refractivity contribution in [3.63, 3.8) is 0 Å². The number of Topliss-reactive ketones (excluding diaryl/α,β-unsaturated/α-hetero) is 2. The molecule has 1 aromatic rings. The molecule has 32 heavy (non-hydrogen) atoms. The summed E-state index contributed by atoms with van der Waals surface area (Å²) in [6.07, 6.45) is -2.25. The van der Waals surface area contributed by atoms with Gasteiger partial charge in [-0.05, 0) is 11.5 Å². The maximum atomic E-state index is 13.3. The van der Waals surface area contributed by atoms with Crippen LogP contribution in [0.2, 0.25) is 0 Å². The van der Waals surface area contributed by atoms with Crippen molar-refractivity contribution in [1.82, 2.24) is 0 Å². The van der Waals surface area contributed by atoms with Crippen LogP contribution >= 0.6 is 0 Å². The molecule has 0 saturated heterocycles. The maximum Gasteiger partial charge on any atom is 0.311 e. The number of carbonyl (C=O) groups is 3. The molecule has 0 aliphatic heterocycles. The summed E-state index contributed by atoms with van der Waals surface area (Å²) in [6.45, 7) is 1.53. The third kappa shape index (κ3) is 2.41. The van der Waals surface area contributed by atoms with E-state index in [1.807, 2.05) is 0 Å². The number of nitrogens with two attached hydrogens (primary N) is 1. The standard InChI is InChI=1S/C20H18N2O10/c1-5-6-2-3-8(22(31)32)15(25)11(6)16(26)13-10(5)14(24)7-4-9(23)12(19(21)29)17(27)20(7,30)18(13)28/h2-3,5,7,10,14,23-25,28,30H,4H2,1H3,(H2,21,29)/t5-,7?,10?,14+,20+/m0/s1. The van der Waals surface area contributed by atoms with Crippen LogP contribution in [0.25, 0.3) is 0 Å². The van der Waals surface area contributed by atoms with Gasteiger partial charge in [0.2, 0.25) is 11.5 Å². The van der Waals surface area contributed by atoms with Gasteiger partial charge in [-0.3, -0.25) is 24.5 Å². The first-order valence-electron chi connectivity index (χ1n) is 9.51. The summed E-state index contributed by atoms with van der Waals surface area (Å²) in [5, 5.41) is 64.8. The van der Waals surface area contributed by atoms with E-state index in [1.165, 1.54) is 13.0 Å². The van der Waals surface area contributed by atoms with Crippen LogP contribution in [0.15, 0.2) is 34.8 Å². The molecule has 0 fully saturated rings. The van der Waals surface area contributed by atoms with Crippen LogP contribution in [0, 0.1) is 22.0 Å². The molecule has 7 N–H and O–H groups in total. The highest BCUT2D eigenvalue weighted by Gasteiger charge is 2.64. The Balaban J connectivity index is 2.00. The number of hydrogen-bond donors (Lipinski definition) is 6. The molecular formula is C20H18N2O10. The van der Waals surface area contributed by atoms with Gasteiger partial charge in [-0.15, -0.1) is 0 Å². The summed E-state index contributed by atoms with van der Waals surface area (Å²) in [4.78, 5) is 48.1. The zero-order valence-electron chi connectivity index (χ0n) is 16.5. The van der Waals surface area contributed by atoms with Crippen molar-refractivity contribution in [2.45, 2.75) is 31.0 Å². The van der Waals surface area contributed by atoms with Gasteiger partial charge in [0.25, 0.3) is 5.91 Å². The van der Waals surface area contributed by atoms with Crippen molar-refractivity contribution in [1.29, 1.82) is 0 Å². The summed E-state index contributed by atoms with van der Waals surface area (Å²) in [5.41, 5.74) is -0.561. The van der Waals surface area contributed by atoms with Crippen LogP contribution in [0.4, 0.5) is 5.69 Å². The predicted molar refractivity (Wildman–Crippen MR) is 104 cm³/mol. The molecule has 0 heterocycles. The number of nitrogens with zero attached hydrogens (tertiary/aromatic N) is 1.